The number of nitrogens with zero attached hydrogens (tertiary/aromatic N) is 1. The molecule has 2 atom stereocenters. The minimum absolute atomic E-state index is 0.0157. The number of rotatable bonds is 8. The van der Waals surface area contributed by atoms with E-state index in [0.717, 1.165) is 19.3 Å². The number of esters is 1. The van der Waals surface area contributed by atoms with Crippen molar-refractivity contribution in [2.45, 2.75) is 45.6 Å². The Hall–Kier alpha value is -2.53. The number of hydrogen-bond acceptors (Lipinski definition) is 6. The predicted octanol–water partition coefficient (Wildman–Crippen LogP) is 4.00. The van der Waals surface area contributed by atoms with E-state index in [1.165, 1.54) is 19.6 Å². The van der Waals surface area contributed by atoms with Gasteiger partial charge in [0.15, 0.2) is 18.1 Å². The molecule has 0 aliphatic heterocycles. The summed E-state index contributed by atoms with van der Waals surface area (Å²) in [5.41, 5.74) is 0.604. The molecular formula is C22H27BrN2O5. The van der Waals surface area contributed by atoms with Gasteiger partial charge in [-0.25, -0.2) is 4.79 Å². The zero-order valence-electron chi connectivity index (χ0n) is 17.5. The van der Waals surface area contributed by atoms with E-state index in [1.54, 1.807) is 19.1 Å². The first-order valence-corrected chi connectivity index (χ1v) is 10.8. The topological polar surface area (TPSA) is 97.7 Å². The van der Waals surface area contributed by atoms with E-state index in [2.05, 4.69) is 28.2 Å². The van der Waals surface area contributed by atoms with Crippen molar-refractivity contribution in [3.63, 3.8) is 0 Å². The molecule has 0 saturated heterocycles. The number of halogens is 1. The number of amides is 1. The van der Waals surface area contributed by atoms with Gasteiger partial charge in [-0.3, -0.25) is 4.79 Å². The molecule has 30 heavy (non-hydrogen) atoms. The quantitative estimate of drug-likeness (QED) is 0.344. The molecule has 0 unspecified atom stereocenters. The highest BCUT2D eigenvalue weighted by Crippen LogP contribution is 2.37. The Morgan fingerprint density at radius 2 is 2.07 bits per heavy atom. The van der Waals surface area contributed by atoms with Gasteiger partial charge in [0, 0.05) is 6.04 Å². The van der Waals surface area contributed by atoms with Crippen molar-refractivity contribution >= 4 is 33.9 Å². The summed E-state index contributed by atoms with van der Waals surface area (Å²) in [7, 11) is 1.47. The van der Waals surface area contributed by atoms with Crippen LogP contribution in [0.25, 0.3) is 6.08 Å². The highest BCUT2D eigenvalue weighted by molar-refractivity contribution is 9.10. The van der Waals surface area contributed by atoms with Gasteiger partial charge >= 0.3 is 5.97 Å². The van der Waals surface area contributed by atoms with Crippen LogP contribution < -0.4 is 14.8 Å². The van der Waals surface area contributed by atoms with Gasteiger partial charge in [0.2, 0.25) is 0 Å². The third-order valence-corrected chi connectivity index (χ3v) is 5.58. The standard InChI is InChI=1S/C22H27BrN2O5/c1-4-29-20(26)13-30-21-17(23)10-15(11-19(21)28-3)9-16(12-24)22(27)25-18-8-6-5-7-14(18)2/h9-11,14,18H,4-8,13H2,1-3H3,(H,25,27)/b16-9+/t14-,18-/m1/s1. The van der Waals surface area contributed by atoms with Crippen LogP contribution in [0, 0.1) is 17.2 Å². The monoisotopic (exact) mass is 478 g/mol. The summed E-state index contributed by atoms with van der Waals surface area (Å²) in [5.74, 6) is 0.220. The van der Waals surface area contributed by atoms with Gasteiger partial charge in [0.1, 0.15) is 11.6 Å². The first-order chi connectivity index (χ1) is 14.4. The molecule has 1 aromatic rings. The maximum absolute atomic E-state index is 12.6. The van der Waals surface area contributed by atoms with E-state index in [1.807, 2.05) is 6.07 Å². The third kappa shape index (κ3) is 6.49. The van der Waals surface area contributed by atoms with Crippen LogP contribution in [0.2, 0.25) is 0 Å². The van der Waals surface area contributed by atoms with Gasteiger partial charge in [-0.05, 0) is 65.4 Å². The molecule has 2 rings (SSSR count). The number of nitriles is 1. The average molecular weight is 479 g/mol. The molecule has 8 heteroatoms. The Kier molecular flexibility index (Phi) is 9.18. The van der Waals surface area contributed by atoms with Gasteiger partial charge in [0.25, 0.3) is 5.91 Å². The van der Waals surface area contributed by atoms with Crippen molar-refractivity contribution in [2.24, 2.45) is 5.92 Å². The van der Waals surface area contributed by atoms with E-state index < -0.39 is 5.97 Å². The second-order valence-corrected chi connectivity index (χ2v) is 7.99. The molecule has 0 bridgehead atoms. The van der Waals surface area contributed by atoms with Crippen LogP contribution in [0.4, 0.5) is 0 Å². The number of carbonyl (C=O) groups excluding carboxylic acids is 2. The zero-order chi connectivity index (χ0) is 22.1. The molecule has 0 heterocycles. The molecule has 162 valence electrons. The lowest BCUT2D eigenvalue weighted by Crippen LogP contribution is -2.41. The number of benzene rings is 1. The zero-order valence-corrected chi connectivity index (χ0v) is 19.1. The van der Waals surface area contributed by atoms with Gasteiger partial charge in [-0.1, -0.05) is 19.8 Å². The van der Waals surface area contributed by atoms with Crippen LogP contribution in [0.5, 0.6) is 11.5 Å². The number of hydrogen-bond donors (Lipinski definition) is 1. The van der Waals surface area contributed by atoms with Crippen molar-refractivity contribution in [1.29, 1.82) is 5.26 Å². The number of carbonyl (C=O) groups is 2. The predicted molar refractivity (Wildman–Crippen MR) is 116 cm³/mol. The van der Waals surface area contributed by atoms with Crippen LogP contribution in [0.15, 0.2) is 22.2 Å². The molecule has 1 aromatic carbocycles. The molecule has 7 nitrogen and oxygen atoms in total. The van der Waals surface area contributed by atoms with Gasteiger partial charge in [-0.15, -0.1) is 0 Å². The summed E-state index contributed by atoms with van der Waals surface area (Å²) in [6.45, 7) is 3.84. The summed E-state index contributed by atoms with van der Waals surface area (Å²) in [6.07, 6.45) is 5.77. The SMILES string of the molecule is CCOC(=O)COc1c(Br)cc(/C=C(\C#N)C(=O)N[C@@H]2CCCC[C@H]2C)cc1OC. The molecule has 1 N–H and O–H groups in total. The molecular weight excluding hydrogens is 452 g/mol. The fourth-order valence-electron chi connectivity index (χ4n) is 3.39. The van der Waals surface area contributed by atoms with Crippen molar-refractivity contribution in [3.05, 3.63) is 27.7 Å². The number of ether oxygens (including phenoxy) is 3. The van der Waals surface area contributed by atoms with Crippen LogP contribution in [0.1, 0.15) is 45.1 Å². The molecule has 1 amide bonds. The van der Waals surface area contributed by atoms with Gasteiger partial charge in [-0.2, -0.15) is 5.26 Å². The maximum atomic E-state index is 12.6. The Balaban J connectivity index is 2.19. The van der Waals surface area contributed by atoms with Crippen LogP contribution in [-0.2, 0) is 14.3 Å². The van der Waals surface area contributed by atoms with Crippen molar-refractivity contribution < 1.29 is 23.8 Å². The van der Waals surface area contributed by atoms with Crippen LogP contribution in [-0.4, -0.2) is 38.2 Å². The summed E-state index contributed by atoms with van der Waals surface area (Å²) >= 11 is 3.39. The second kappa shape index (κ2) is 11.6. The molecule has 0 radical (unpaired) electrons. The average Bonchev–Trinajstić information content (AvgIpc) is 2.72. The Morgan fingerprint density at radius 3 is 2.70 bits per heavy atom. The smallest absolute Gasteiger partial charge is 0.344 e. The van der Waals surface area contributed by atoms with E-state index in [9.17, 15) is 14.9 Å². The molecule has 1 aliphatic rings. The van der Waals surface area contributed by atoms with E-state index in [4.69, 9.17) is 14.2 Å². The summed E-state index contributed by atoms with van der Waals surface area (Å²) < 4.78 is 16.2. The molecule has 0 aromatic heterocycles. The highest BCUT2D eigenvalue weighted by atomic mass is 79.9. The summed E-state index contributed by atoms with van der Waals surface area (Å²) in [6, 6.07) is 5.40. The van der Waals surface area contributed by atoms with Crippen LogP contribution >= 0.6 is 15.9 Å². The summed E-state index contributed by atoms with van der Waals surface area (Å²) in [5, 5.41) is 12.5. The fraction of sp³-hybridized carbons (Fsp3) is 0.500. The van der Waals surface area contributed by atoms with E-state index >= 15 is 0 Å². The van der Waals surface area contributed by atoms with Gasteiger partial charge < -0.3 is 19.5 Å². The van der Waals surface area contributed by atoms with E-state index in [0.29, 0.717) is 27.5 Å². The Labute approximate surface area is 185 Å². The lowest BCUT2D eigenvalue weighted by molar-refractivity contribution is -0.145. The molecule has 1 aliphatic carbocycles. The minimum Gasteiger partial charge on any atom is -0.493 e. The second-order valence-electron chi connectivity index (χ2n) is 7.14. The molecule has 1 fully saturated rings. The first-order valence-electron chi connectivity index (χ1n) is 9.98. The lowest BCUT2D eigenvalue weighted by atomic mass is 9.86. The number of nitrogens with one attached hydrogen (secondary N) is 1. The van der Waals surface area contributed by atoms with Gasteiger partial charge in [0.05, 0.1) is 18.2 Å². The minimum atomic E-state index is -0.490. The summed E-state index contributed by atoms with van der Waals surface area (Å²) in [4.78, 5) is 24.2. The largest absolute Gasteiger partial charge is 0.493 e. The van der Waals surface area contributed by atoms with E-state index in [-0.39, 0.29) is 30.7 Å². The fourth-order valence-corrected chi connectivity index (χ4v) is 3.96. The maximum Gasteiger partial charge on any atom is 0.344 e. The van der Waals surface area contributed by atoms with Crippen molar-refractivity contribution in [2.75, 3.05) is 20.3 Å². The third-order valence-electron chi connectivity index (χ3n) is 5.00. The van der Waals surface area contributed by atoms with Crippen molar-refractivity contribution in [1.82, 2.24) is 5.32 Å². The van der Waals surface area contributed by atoms with Crippen molar-refractivity contribution in [3.8, 4) is 17.6 Å². The molecule has 1 saturated carbocycles. The first kappa shape index (κ1) is 23.7. The number of methoxy groups -OCH3 is 1. The Morgan fingerprint density at radius 1 is 1.33 bits per heavy atom. The Bertz CT molecular complexity index is 847. The normalized spacial score (nSPS) is 18.8. The lowest BCUT2D eigenvalue weighted by Gasteiger charge is -2.29. The van der Waals surface area contributed by atoms with Crippen LogP contribution in [0.3, 0.4) is 0 Å². The highest BCUT2D eigenvalue weighted by Gasteiger charge is 2.24. The molecule has 0 spiro atoms.